The van der Waals surface area contributed by atoms with Crippen molar-refractivity contribution in [3.8, 4) is 11.8 Å². The number of hydrogen-bond acceptors (Lipinski definition) is 1. The van der Waals surface area contributed by atoms with E-state index < -0.39 is 0 Å². The zero-order valence-corrected chi connectivity index (χ0v) is 8.61. The predicted octanol–water partition coefficient (Wildman–Crippen LogP) is 2.43. The molecule has 0 aromatic heterocycles. The standard InChI is InChI=1S/C9H15N.C2H6/c1-2-3-5-9-6-4-7-10-8-9;1-2/h9-10H,2,4,6-8H2,1H3;1-2H3. The van der Waals surface area contributed by atoms with E-state index in [4.69, 9.17) is 0 Å². The van der Waals surface area contributed by atoms with Crippen molar-refractivity contribution < 1.29 is 0 Å². The van der Waals surface area contributed by atoms with Gasteiger partial charge < -0.3 is 5.32 Å². The second kappa shape index (κ2) is 8.62. The molecule has 0 spiro atoms. The summed E-state index contributed by atoms with van der Waals surface area (Å²) in [7, 11) is 0. The molecule has 1 aliphatic rings. The van der Waals surface area contributed by atoms with Gasteiger partial charge in [-0.15, -0.1) is 5.92 Å². The Morgan fingerprint density at radius 1 is 1.42 bits per heavy atom. The second-order valence-corrected chi connectivity index (χ2v) is 2.72. The molecule has 12 heavy (non-hydrogen) atoms. The van der Waals surface area contributed by atoms with E-state index in [0.717, 1.165) is 13.0 Å². The first-order valence-corrected chi connectivity index (χ1v) is 5.12. The molecule has 1 unspecified atom stereocenters. The lowest BCUT2D eigenvalue weighted by molar-refractivity contribution is 0.449. The fourth-order valence-electron chi connectivity index (χ4n) is 1.22. The van der Waals surface area contributed by atoms with Gasteiger partial charge in [0.15, 0.2) is 0 Å². The first kappa shape index (κ1) is 11.5. The number of nitrogens with one attached hydrogen (secondary N) is 1. The van der Waals surface area contributed by atoms with E-state index in [1.165, 1.54) is 19.4 Å². The lowest BCUT2D eigenvalue weighted by Crippen LogP contribution is -2.28. The monoisotopic (exact) mass is 167 g/mol. The summed E-state index contributed by atoms with van der Waals surface area (Å²) in [4.78, 5) is 0. The maximum Gasteiger partial charge on any atom is 0.0328 e. The normalized spacial score (nSPS) is 21.4. The average Bonchev–Trinajstić information content (AvgIpc) is 2.19. The van der Waals surface area contributed by atoms with Crippen LogP contribution in [0.5, 0.6) is 0 Å². The molecule has 0 aromatic carbocycles. The summed E-state index contributed by atoms with van der Waals surface area (Å²) in [6, 6.07) is 0. The number of piperidine rings is 1. The van der Waals surface area contributed by atoms with Crippen LogP contribution < -0.4 is 5.32 Å². The van der Waals surface area contributed by atoms with Gasteiger partial charge in [0.25, 0.3) is 0 Å². The van der Waals surface area contributed by atoms with Gasteiger partial charge in [0.1, 0.15) is 0 Å². The largest absolute Gasteiger partial charge is 0.316 e. The van der Waals surface area contributed by atoms with Crippen molar-refractivity contribution in [3.05, 3.63) is 0 Å². The van der Waals surface area contributed by atoms with Crippen LogP contribution in [0.3, 0.4) is 0 Å². The van der Waals surface area contributed by atoms with Crippen LogP contribution in [0.25, 0.3) is 0 Å². The summed E-state index contributed by atoms with van der Waals surface area (Å²) in [5.74, 6) is 7.02. The van der Waals surface area contributed by atoms with Crippen molar-refractivity contribution in [3.63, 3.8) is 0 Å². The average molecular weight is 167 g/mol. The third-order valence-electron chi connectivity index (χ3n) is 1.78. The molecule has 1 aliphatic heterocycles. The molecule has 0 bridgehead atoms. The van der Waals surface area contributed by atoms with Gasteiger partial charge >= 0.3 is 0 Å². The fraction of sp³-hybridized carbons (Fsp3) is 0.818. The Balaban J connectivity index is 0.000000561. The van der Waals surface area contributed by atoms with Crippen LogP contribution in [0.4, 0.5) is 0 Å². The van der Waals surface area contributed by atoms with Crippen molar-refractivity contribution in [2.45, 2.75) is 40.0 Å². The number of hydrogen-bond donors (Lipinski definition) is 1. The molecule has 1 heteroatoms. The first-order chi connectivity index (χ1) is 5.93. The van der Waals surface area contributed by atoms with E-state index in [1.54, 1.807) is 0 Å². The van der Waals surface area contributed by atoms with Crippen molar-refractivity contribution >= 4 is 0 Å². The molecule has 1 heterocycles. The summed E-state index contributed by atoms with van der Waals surface area (Å²) < 4.78 is 0. The molecule has 70 valence electrons. The summed E-state index contributed by atoms with van der Waals surface area (Å²) >= 11 is 0. The molecular formula is C11H21N. The highest BCUT2D eigenvalue weighted by Crippen LogP contribution is 2.07. The third kappa shape index (κ3) is 5.21. The molecular weight excluding hydrogens is 146 g/mol. The lowest BCUT2D eigenvalue weighted by Gasteiger charge is -2.17. The topological polar surface area (TPSA) is 12.0 Å². The molecule has 1 fully saturated rings. The highest BCUT2D eigenvalue weighted by molar-refractivity contribution is 5.04. The van der Waals surface area contributed by atoms with Crippen LogP contribution in [0.1, 0.15) is 40.0 Å². The van der Waals surface area contributed by atoms with Crippen molar-refractivity contribution in [2.75, 3.05) is 13.1 Å². The van der Waals surface area contributed by atoms with Crippen LogP contribution >= 0.6 is 0 Å². The van der Waals surface area contributed by atoms with E-state index in [0.29, 0.717) is 5.92 Å². The molecule has 0 saturated carbocycles. The Labute approximate surface area is 76.9 Å². The van der Waals surface area contributed by atoms with Gasteiger partial charge in [0.2, 0.25) is 0 Å². The minimum absolute atomic E-state index is 0.633. The van der Waals surface area contributed by atoms with Gasteiger partial charge in [-0.1, -0.05) is 26.7 Å². The summed E-state index contributed by atoms with van der Waals surface area (Å²) in [5, 5.41) is 3.34. The smallest absolute Gasteiger partial charge is 0.0328 e. The molecule has 0 amide bonds. The highest BCUT2D eigenvalue weighted by Gasteiger charge is 2.08. The molecule has 1 atom stereocenters. The van der Waals surface area contributed by atoms with Crippen LogP contribution in [-0.4, -0.2) is 13.1 Å². The maximum atomic E-state index is 3.34. The second-order valence-electron chi connectivity index (χ2n) is 2.72. The molecule has 0 aromatic rings. The van der Waals surface area contributed by atoms with Gasteiger partial charge in [0, 0.05) is 18.9 Å². The quantitative estimate of drug-likeness (QED) is 0.546. The molecule has 1 saturated heterocycles. The minimum atomic E-state index is 0.633. The Morgan fingerprint density at radius 2 is 2.17 bits per heavy atom. The Morgan fingerprint density at radius 3 is 2.67 bits per heavy atom. The van der Waals surface area contributed by atoms with Gasteiger partial charge in [-0.25, -0.2) is 0 Å². The van der Waals surface area contributed by atoms with Crippen LogP contribution in [-0.2, 0) is 0 Å². The van der Waals surface area contributed by atoms with E-state index in [2.05, 4.69) is 24.1 Å². The van der Waals surface area contributed by atoms with E-state index in [9.17, 15) is 0 Å². The lowest BCUT2D eigenvalue weighted by atomic mass is 10.0. The molecule has 1 N–H and O–H groups in total. The van der Waals surface area contributed by atoms with Gasteiger partial charge in [-0.2, -0.15) is 0 Å². The molecule has 1 rings (SSSR count). The number of rotatable bonds is 0. The van der Waals surface area contributed by atoms with E-state index >= 15 is 0 Å². The minimum Gasteiger partial charge on any atom is -0.316 e. The third-order valence-corrected chi connectivity index (χ3v) is 1.78. The van der Waals surface area contributed by atoms with E-state index in [1.807, 2.05) is 13.8 Å². The van der Waals surface area contributed by atoms with E-state index in [-0.39, 0.29) is 0 Å². The van der Waals surface area contributed by atoms with Crippen molar-refractivity contribution in [1.82, 2.24) is 5.32 Å². The predicted molar refractivity (Wildman–Crippen MR) is 55.0 cm³/mol. The zero-order valence-electron chi connectivity index (χ0n) is 8.61. The van der Waals surface area contributed by atoms with Crippen LogP contribution in [0, 0.1) is 17.8 Å². The molecule has 0 aliphatic carbocycles. The summed E-state index contributed by atoms with van der Waals surface area (Å²) in [6.07, 6.45) is 3.58. The Hall–Kier alpha value is -0.480. The fourth-order valence-corrected chi connectivity index (χ4v) is 1.22. The van der Waals surface area contributed by atoms with Crippen LogP contribution in [0.15, 0.2) is 0 Å². The van der Waals surface area contributed by atoms with Gasteiger partial charge in [-0.05, 0) is 19.4 Å². The zero-order chi connectivity index (χ0) is 9.23. The van der Waals surface area contributed by atoms with Crippen molar-refractivity contribution in [2.24, 2.45) is 5.92 Å². The van der Waals surface area contributed by atoms with Crippen LogP contribution in [0.2, 0.25) is 0 Å². The Bertz CT molecular complexity index is 135. The SMILES string of the molecule is CC.CCC#CC1CCCNC1. The first-order valence-electron chi connectivity index (χ1n) is 5.12. The molecule has 1 nitrogen and oxygen atoms in total. The van der Waals surface area contributed by atoms with Gasteiger partial charge in [0.05, 0.1) is 0 Å². The maximum absolute atomic E-state index is 3.34. The van der Waals surface area contributed by atoms with Crippen molar-refractivity contribution in [1.29, 1.82) is 0 Å². The summed E-state index contributed by atoms with van der Waals surface area (Å²) in [6.45, 7) is 8.39. The van der Waals surface area contributed by atoms with Gasteiger partial charge in [-0.3, -0.25) is 0 Å². The Kier molecular flexibility index (Phi) is 8.27. The molecule has 0 radical (unpaired) electrons. The highest BCUT2D eigenvalue weighted by atomic mass is 14.9. The summed E-state index contributed by atoms with van der Waals surface area (Å²) in [5.41, 5.74) is 0.